The Morgan fingerprint density at radius 3 is 2.44 bits per heavy atom. The number of hydrogen-bond donors (Lipinski definition) is 0. The van der Waals surface area contributed by atoms with Crippen LogP contribution in [0.4, 0.5) is 12.9 Å². The van der Waals surface area contributed by atoms with Gasteiger partial charge in [-0.1, -0.05) is 18.2 Å². The predicted molar refractivity (Wildman–Crippen MR) is 60.2 cm³/mol. The van der Waals surface area contributed by atoms with Crippen molar-refractivity contribution in [2.45, 2.75) is 13.8 Å². The number of aryl methyl sites for hydroxylation is 1. The lowest BCUT2D eigenvalue weighted by Gasteiger charge is -2.18. The summed E-state index contributed by atoms with van der Waals surface area (Å²) in [7, 11) is 0. The summed E-state index contributed by atoms with van der Waals surface area (Å²) in [5.41, 5.74) is 0.441. The van der Waals surface area contributed by atoms with Gasteiger partial charge in [0.05, 0.1) is 0 Å². The zero-order valence-electron chi connectivity index (χ0n) is 9.27. The summed E-state index contributed by atoms with van der Waals surface area (Å²) in [5, 5.41) is 0. The molecule has 0 saturated carbocycles. The molecule has 0 bridgehead atoms. The molecule has 0 spiro atoms. The number of benzene rings is 1. The SMILES string of the molecule is C=C(C)COc1ccc([B-](F)(F)F)c(C)c1. The van der Waals surface area contributed by atoms with Crippen molar-refractivity contribution in [3.8, 4) is 5.75 Å². The van der Waals surface area contributed by atoms with E-state index in [1.165, 1.54) is 19.1 Å². The highest BCUT2D eigenvalue weighted by Gasteiger charge is 2.27. The predicted octanol–water partition coefficient (Wildman–Crippen LogP) is 3.00. The molecular formula is C11H13BF3O-. The van der Waals surface area contributed by atoms with E-state index >= 15 is 0 Å². The van der Waals surface area contributed by atoms with Gasteiger partial charge in [-0.2, -0.15) is 0 Å². The second-order valence-electron chi connectivity index (χ2n) is 3.84. The van der Waals surface area contributed by atoms with E-state index in [1.54, 1.807) is 6.92 Å². The van der Waals surface area contributed by atoms with Crippen LogP contribution in [-0.2, 0) is 0 Å². The van der Waals surface area contributed by atoms with Crippen molar-refractivity contribution in [3.05, 3.63) is 35.9 Å². The molecule has 1 aromatic rings. The lowest BCUT2D eigenvalue weighted by atomic mass is 9.77. The maximum absolute atomic E-state index is 12.5. The molecule has 0 fully saturated rings. The van der Waals surface area contributed by atoms with Gasteiger partial charge in [0.2, 0.25) is 0 Å². The van der Waals surface area contributed by atoms with Gasteiger partial charge in [-0.05, 0) is 31.6 Å². The highest BCUT2D eigenvalue weighted by atomic mass is 19.4. The molecule has 0 unspecified atom stereocenters. The quantitative estimate of drug-likeness (QED) is 0.569. The van der Waals surface area contributed by atoms with Crippen molar-refractivity contribution in [3.63, 3.8) is 0 Å². The third-order valence-electron chi connectivity index (χ3n) is 2.08. The van der Waals surface area contributed by atoms with Crippen molar-refractivity contribution < 1.29 is 17.7 Å². The van der Waals surface area contributed by atoms with Crippen LogP contribution < -0.4 is 10.2 Å². The third kappa shape index (κ3) is 3.33. The lowest BCUT2D eigenvalue weighted by molar-refractivity contribution is 0.352. The van der Waals surface area contributed by atoms with Crippen molar-refractivity contribution in [1.82, 2.24) is 0 Å². The Hall–Kier alpha value is -1.39. The van der Waals surface area contributed by atoms with Crippen molar-refractivity contribution >= 4 is 12.4 Å². The monoisotopic (exact) mass is 229 g/mol. The Balaban J connectivity index is 2.87. The van der Waals surface area contributed by atoms with Gasteiger partial charge in [-0.25, -0.2) is 0 Å². The van der Waals surface area contributed by atoms with E-state index in [0.29, 0.717) is 12.4 Å². The van der Waals surface area contributed by atoms with Crippen molar-refractivity contribution in [1.29, 1.82) is 0 Å². The molecule has 5 heteroatoms. The first kappa shape index (κ1) is 12.7. The van der Waals surface area contributed by atoms with Crippen LogP contribution in [-0.4, -0.2) is 13.6 Å². The Bertz CT molecular complexity index is 399. The minimum Gasteiger partial charge on any atom is -0.489 e. The summed E-state index contributed by atoms with van der Waals surface area (Å²) < 4.78 is 42.8. The van der Waals surface area contributed by atoms with Gasteiger partial charge in [-0.3, -0.25) is 0 Å². The van der Waals surface area contributed by atoms with Crippen molar-refractivity contribution in [2.24, 2.45) is 0 Å². The van der Waals surface area contributed by atoms with Gasteiger partial charge < -0.3 is 17.7 Å². The molecule has 1 nitrogen and oxygen atoms in total. The van der Waals surface area contributed by atoms with E-state index in [0.717, 1.165) is 11.6 Å². The van der Waals surface area contributed by atoms with Crippen molar-refractivity contribution in [2.75, 3.05) is 6.61 Å². The molecule has 0 saturated heterocycles. The largest absolute Gasteiger partial charge is 0.509 e. The van der Waals surface area contributed by atoms with Crippen LogP contribution in [0.1, 0.15) is 12.5 Å². The Kier molecular flexibility index (Phi) is 3.68. The molecule has 16 heavy (non-hydrogen) atoms. The van der Waals surface area contributed by atoms with Crippen LogP contribution in [0.3, 0.4) is 0 Å². The van der Waals surface area contributed by atoms with Crippen LogP contribution in [0.5, 0.6) is 5.75 Å². The first-order valence-corrected chi connectivity index (χ1v) is 4.88. The molecule has 0 aliphatic rings. The summed E-state index contributed by atoms with van der Waals surface area (Å²) in [6.07, 6.45) is 0. The topological polar surface area (TPSA) is 9.23 Å². The average molecular weight is 229 g/mol. The van der Waals surface area contributed by atoms with Crippen LogP contribution in [0, 0.1) is 6.92 Å². The van der Waals surface area contributed by atoms with E-state index in [2.05, 4.69) is 6.58 Å². The normalized spacial score (nSPS) is 11.3. The number of rotatable bonds is 4. The van der Waals surface area contributed by atoms with Crippen LogP contribution in [0.25, 0.3) is 0 Å². The highest BCUT2D eigenvalue weighted by Crippen LogP contribution is 2.17. The minimum atomic E-state index is -4.94. The summed E-state index contributed by atoms with van der Waals surface area (Å²) in [4.78, 5) is 0. The Morgan fingerprint density at radius 1 is 1.38 bits per heavy atom. The van der Waals surface area contributed by atoms with E-state index in [-0.39, 0.29) is 5.56 Å². The summed E-state index contributed by atoms with van der Waals surface area (Å²) in [5.74, 6) is 0.435. The second-order valence-corrected chi connectivity index (χ2v) is 3.84. The van der Waals surface area contributed by atoms with Crippen LogP contribution >= 0.6 is 0 Å². The second kappa shape index (κ2) is 4.64. The first-order chi connectivity index (χ1) is 7.30. The molecule has 0 aromatic heterocycles. The first-order valence-electron chi connectivity index (χ1n) is 4.88. The third-order valence-corrected chi connectivity index (χ3v) is 2.08. The molecule has 0 N–H and O–H groups in total. The average Bonchev–Trinajstić information content (AvgIpc) is 2.12. The molecule has 0 aliphatic carbocycles. The van der Waals surface area contributed by atoms with Crippen LogP contribution in [0.2, 0.25) is 0 Å². The Labute approximate surface area is 93.0 Å². The zero-order chi connectivity index (χ0) is 12.3. The highest BCUT2D eigenvalue weighted by molar-refractivity contribution is 6.74. The molecule has 0 aliphatic heterocycles. The van der Waals surface area contributed by atoms with E-state index in [9.17, 15) is 12.9 Å². The maximum Gasteiger partial charge on any atom is 0.509 e. The summed E-state index contributed by atoms with van der Waals surface area (Å²) in [6, 6.07) is 3.79. The van der Waals surface area contributed by atoms with E-state index in [4.69, 9.17) is 4.74 Å². The lowest BCUT2D eigenvalue weighted by Crippen LogP contribution is -2.35. The van der Waals surface area contributed by atoms with Gasteiger partial charge in [0, 0.05) is 0 Å². The standard InChI is InChI=1S/C11H13BF3O/c1-8(2)7-16-10-4-5-11(9(3)6-10)12(13,14)15/h4-6H,1,7H2,2-3H3/q-1. The summed E-state index contributed by atoms with van der Waals surface area (Å²) >= 11 is 0. The van der Waals surface area contributed by atoms with Gasteiger partial charge in [0.1, 0.15) is 12.4 Å². The summed E-state index contributed by atoms with van der Waals surface area (Å²) in [6.45, 7) is 2.24. The number of hydrogen-bond acceptors (Lipinski definition) is 1. The van der Waals surface area contributed by atoms with Gasteiger partial charge in [-0.15, -0.1) is 5.46 Å². The van der Waals surface area contributed by atoms with Gasteiger partial charge in [0.15, 0.2) is 0 Å². The number of ether oxygens (including phenoxy) is 1. The molecular weight excluding hydrogens is 216 g/mol. The molecule has 0 heterocycles. The van der Waals surface area contributed by atoms with E-state index in [1.807, 2.05) is 0 Å². The minimum absolute atomic E-state index is 0.187. The fourth-order valence-electron chi connectivity index (χ4n) is 1.31. The molecule has 0 amide bonds. The molecule has 1 aromatic carbocycles. The molecule has 1 rings (SSSR count). The fraction of sp³-hybridized carbons (Fsp3) is 0.273. The Morgan fingerprint density at radius 2 is 2.00 bits per heavy atom. The van der Waals surface area contributed by atoms with Gasteiger partial charge >= 0.3 is 6.98 Å². The van der Waals surface area contributed by atoms with Gasteiger partial charge in [0.25, 0.3) is 0 Å². The van der Waals surface area contributed by atoms with Crippen LogP contribution in [0.15, 0.2) is 30.4 Å². The zero-order valence-corrected chi connectivity index (χ0v) is 9.27. The molecule has 0 atom stereocenters. The maximum atomic E-state index is 12.5. The number of halogens is 3. The molecule has 0 radical (unpaired) electrons. The van der Waals surface area contributed by atoms with E-state index < -0.39 is 12.4 Å². The fourth-order valence-corrected chi connectivity index (χ4v) is 1.31. The molecule has 88 valence electrons. The smallest absolute Gasteiger partial charge is 0.489 e.